The molecule has 0 aliphatic carbocycles. The van der Waals surface area contributed by atoms with E-state index in [4.69, 9.17) is 28.4 Å². The zero-order valence-corrected chi connectivity index (χ0v) is 22.7. The van der Waals surface area contributed by atoms with Crippen molar-refractivity contribution in [2.45, 2.75) is 0 Å². The largest absolute Gasteiger partial charge is 0.493 e. The predicted octanol–water partition coefficient (Wildman–Crippen LogP) is 5.09. The SMILES string of the molecule is COc1cc(/C=C/c2ccn3c(=O)cc(/C=C/c4cc(OC)c(OC)c(OC)c4)nc3c2)cc(OC)c1OC. The highest BCUT2D eigenvalue weighted by molar-refractivity contribution is 5.75. The molecule has 2 aromatic carbocycles. The van der Waals surface area contributed by atoms with Crippen molar-refractivity contribution < 1.29 is 28.4 Å². The minimum atomic E-state index is -0.190. The van der Waals surface area contributed by atoms with Crippen LogP contribution in [0.25, 0.3) is 30.0 Å². The Labute approximate surface area is 226 Å². The summed E-state index contributed by atoms with van der Waals surface area (Å²) in [7, 11) is 9.38. The normalized spacial score (nSPS) is 11.2. The first-order chi connectivity index (χ1) is 18.9. The lowest BCUT2D eigenvalue weighted by atomic mass is 10.1. The number of fused-ring (bicyclic) bond motifs is 1. The summed E-state index contributed by atoms with van der Waals surface area (Å²) < 4.78 is 34.0. The Kier molecular flexibility index (Phi) is 8.40. The number of hydrogen-bond acceptors (Lipinski definition) is 8. The van der Waals surface area contributed by atoms with Gasteiger partial charge in [-0.25, -0.2) is 4.98 Å². The number of methoxy groups -OCH3 is 6. The third-order valence-corrected chi connectivity index (χ3v) is 6.00. The summed E-state index contributed by atoms with van der Waals surface area (Å²) in [5.41, 5.74) is 3.36. The summed E-state index contributed by atoms with van der Waals surface area (Å²) in [6.45, 7) is 0. The van der Waals surface area contributed by atoms with Crippen LogP contribution in [-0.2, 0) is 0 Å². The van der Waals surface area contributed by atoms with Crippen LogP contribution < -0.4 is 34.0 Å². The van der Waals surface area contributed by atoms with Crippen LogP contribution in [0.2, 0.25) is 0 Å². The standard InChI is InChI=1S/C30H30N2O7/c1-34-23-13-20(14-24(35-2)29(23)38-5)8-7-19-11-12-32-27(17-19)31-22(18-28(32)33)10-9-21-15-25(36-3)30(39-6)26(16-21)37-4/h7-18H,1-6H3/b8-7+,10-9+. The minimum Gasteiger partial charge on any atom is -0.493 e. The number of aromatic nitrogens is 2. The molecule has 0 aliphatic rings. The molecule has 0 amide bonds. The van der Waals surface area contributed by atoms with Crippen LogP contribution in [0.1, 0.15) is 22.4 Å². The number of hydrogen-bond donors (Lipinski definition) is 0. The van der Waals surface area contributed by atoms with Crippen LogP contribution >= 0.6 is 0 Å². The molecule has 39 heavy (non-hydrogen) atoms. The second-order valence-electron chi connectivity index (χ2n) is 8.29. The molecule has 0 unspecified atom stereocenters. The molecule has 0 bridgehead atoms. The molecule has 2 heterocycles. The van der Waals surface area contributed by atoms with Gasteiger partial charge < -0.3 is 28.4 Å². The molecule has 2 aromatic heterocycles. The van der Waals surface area contributed by atoms with Gasteiger partial charge in [-0.3, -0.25) is 9.20 Å². The lowest BCUT2D eigenvalue weighted by Crippen LogP contribution is -2.14. The van der Waals surface area contributed by atoms with Crippen molar-refractivity contribution in [3.63, 3.8) is 0 Å². The monoisotopic (exact) mass is 530 g/mol. The Morgan fingerprint density at radius 2 is 1.05 bits per heavy atom. The highest BCUT2D eigenvalue weighted by Gasteiger charge is 2.13. The van der Waals surface area contributed by atoms with Crippen molar-refractivity contribution >= 4 is 30.0 Å². The van der Waals surface area contributed by atoms with Gasteiger partial charge in [0.2, 0.25) is 11.5 Å². The van der Waals surface area contributed by atoms with E-state index in [1.807, 2.05) is 54.6 Å². The van der Waals surface area contributed by atoms with E-state index in [-0.39, 0.29) is 5.56 Å². The quantitative estimate of drug-likeness (QED) is 0.280. The summed E-state index contributed by atoms with van der Waals surface area (Å²) >= 11 is 0. The first-order valence-electron chi connectivity index (χ1n) is 11.9. The lowest BCUT2D eigenvalue weighted by molar-refractivity contribution is 0.324. The smallest absolute Gasteiger partial charge is 0.258 e. The zero-order chi connectivity index (χ0) is 27.9. The van der Waals surface area contributed by atoms with Gasteiger partial charge in [0.05, 0.1) is 48.4 Å². The van der Waals surface area contributed by atoms with Crippen LogP contribution in [-0.4, -0.2) is 52.0 Å². The molecule has 0 fully saturated rings. The van der Waals surface area contributed by atoms with Crippen molar-refractivity contribution in [3.05, 3.63) is 81.4 Å². The fourth-order valence-electron chi connectivity index (χ4n) is 4.10. The lowest BCUT2D eigenvalue weighted by Gasteiger charge is -2.12. The van der Waals surface area contributed by atoms with Crippen LogP contribution in [0.5, 0.6) is 34.5 Å². The zero-order valence-electron chi connectivity index (χ0n) is 22.7. The van der Waals surface area contributed by atoms with E-state index < -0.39 is 0 Å². The maximum atomic E-state index is 12.8. The Hall–Kier alpha value is -4.92. The van der Waals surface area contributed by atoms with Gasteiger partial charge >= 0.3 is 0 Å². The molecule has 9 nitrogen and oxygen atoms in total. The Morgan fingerprint density at radius 3 is 1.51 bits per heavy atom. The van der Waals surface area contributed by atoms with Gasteiger partial charge in [0.1, 0.15) is 5.65 Å². The van der Waals surface area contributed by atoms with Crippen LogP contribution in [0.4, 0.5) is 0 Å². The highest BCUT2D eigenvalue weighted by atomic mass is 16.5. The maximum absolute atomic E-state index is 12.8. The summed E-state index contributed by atoms with van der Waals surface area (Å²) in [6.07, 6.45) is 9.14. The predicted molar refractivity (Wildman–Crippen MR) is 152 cm³/mol. The molecular formula is C30H30N2O7. The summed E-state index contributed by atoms with van der Waals surface area (Å²) in [5.74, 6) is 3.22. The third kappa shape index (κ3) is 5.82. The fourth-order valence-corrected chi connectivity index (χ4v) is 4.10. The molecule has 0 saturated carbocycles. The molecule has 0 aliphatic heterocycles. The van der Waals surface area contributed by atoms with Crippen LogP contribution in [0.15, 0.2) is 53.5 Å². The van der Waals surface area contributed by atoms with Crippen LogP contribution in [0.3, 0.4) is 0 Å². The molecule has 9 heteroatoms. The van der Waals surface area contributed by atoms with Gasteiger partial charge in [-0.15, -0.1) is 0 Å². The Bertz CT molecular complexity index is 1550. The van der Waals surface area contributed by atoms with Crippen molar-refractivity contribution in [1.29, 1.82) is 0 Å². The van der Waals surface area contributed by atoms with Crippen molar-refractivity contribution in [2.24, 2.45) is 0 Å². The topological polar surface area (TPSA) is 89.8 Å². The van der Waals surface area contributed by atoms with E-state index >= 15 is 0 Å². The third-order valence-electron chi connectivity index (χ3n) is 6.00. The number of rotatable bonds is 10. The van der Waals surface area contributed by atoms with Crippen molar-refractivity contribution in [3.8, 4) is 34.5 Å². The first kappa shape index (κ1) is 27.1. The van der Waals surface area contributed by atoms with Crippen molar-refractivity contribution in [2.75, 3.05) is 42.7 Å². The minimum absolute atomic E-state index is 0.190. The first-order valence-corrected chi connectivity index (χ1v) is 11.9. The van der Waals surface area contributed by atoms with Gasteiger partial charge in [0.15, 0.2) is 23.0 Å². The molecule has 0 spiro atoms. The van der Waals surface area contributed by atoms with E-state index in [0.717, 1.165) is 16.7 Å². The van der Waals surface area contributed by atoms with Gasteiger partial charge in [0.25, 0.3) is 5.56 Å². The second kappa shape index (κ2) is 12.1. The average Bonchev–Trinajstić information content (AvgIpc) is 2.97. The van der Waals surface area contributed by atoms with Gasteiger partial charge in [-0.2, -0.15) is 0 Å². The molecule has 4 aromatic rings. The fraction of sp³-hybridized carbons (Fsp3) is 0.200. The Morgan fingerprint density at radius 1 is 0.590 bits per heavy atom. The van der Waals surface area contributed by atoms with Crippen LogP contribution in [0, 0.1) is 0 Å². The summed E-state index contributed by atoms with van der Waals surface area (Å²) in [6, 6.07) is 12.5. The van der Waals surface area contributed by atoms with Gasteiger partial charge in [-0.05, 0) is 59.2 Å². The van der Waals surface area contributed by atoms with Gasteiger partial charge in [0, 0.05) is 12.3 Å². The van der Waals surface area contributed by atoms with E-state index in [1.54, 1.807) is 54.9 Å². The highest BCUT2D eigenvalue weighted by Crippen LogP contribution is 2.39. The molecule has 0 radical (unpaired) electrons. The van der Waals surface area contributed by atoms with Gasteiger partial charge in [-0.1, -0.05) is 18.2 Å². The summed E-state index contributed by atoms with van der Waals surface area (Å²) in [4.78, 5) is 17.4. The number of nitrogens with zero attached hydrogens (tertiary/aromatic N) is 2. The maximum Gasteiger partial charge on any atom is 0.258 e. The van der Waals surface area contributed by atoms with E-state index in [1.165, 1.54) is 10.5 Å². The summed E-state index contributed by atoms with van der Waals surface area (Å²) in [5, 5.41) is 0. The number of ether oxygens (including phenoxy) is 6. The number of pyridine rings is 1. The molecule has 0 atom stereocenters. The average molecular weight is 531 g/mol. The molecular weight excluding hydrogens is 500 g/mol. The molecule has 0 N–H and O–H groups in total. The molecule has 0 saturated heterocycles. The van der Waals surface area contributed by atoms with Crippen molar-refractivity contribution in [1.82, 2.24) is 9.38 Å². The Balaban J connectivity index is 1.66. The van der Waals surface area contributed by atoms with E-state index in [9.17, 15) is 4.79 Å². The number of benzene rings is 2. The second-order valence-corrected chi connectivity index (χ2v) is 8.29. The van der Waals surface area contributed by atoms with E-state index in [0.29, 0.717) is 45.8 Å². The molecule has 202 valence electrons. The molecule has 4 rings (SSSR count). The van der Waals surface area contributed by atoms with E-state index in [2.05, 4.69) is 4.98 Å².